The molecule has 0 unspecified atom stereocenters. The first-order valence-electron chi connectivity index (χ1n) is 14.8. The van der Waals surface area contributed by atoms with Crippen LogP contribution in [-0.4, -0.2) is 72.8 Å². The lowest BCUT2D eigenvalue weighted by molar-refractivity contribution is -0.142. The number of carbonyl (C=O) groups is 2. The molecule has 2 heterocycles. The third kappa shape index (κ3) is 10.1. The van der Waals surface area contributed by atoms with E-state index in [0.717, 1.165) is 68.0 Å². The number of unbranched alkanes of at least 4 members (excludes halogenated alkanes) is 1. The molecule has 3 aromatic rings. The Morgan fingerprint density at radius 2 is 1.86 bits per heavy atom. The number of pyridine rings is 1. The molecule has 0 saturated carbocycles. The molecule has 0 bridgehead atoms. The number of benzene rings is 2. The van der Waals surface area contributed by atoms with Gasteiger partial charge in [0.05, 0.1) is 13.5 Å². The van der Waals surface area contributed by atoms with Crippen LogP contribution < -0.4 is 20.1 Å². The minimum Gasteiger partial charge on any atom is -0.497 e. The zero-order valence-corrected chi connectivity index (χ0v) is 24.4. The van der Waals surface area contributed by atoms with Gasteiger partial charge in [-0.25, -0.2) is 9.78 Å². The van der Waals surface area contributed by atoms with Gasteiger partial charge in [0.1, 0.15) is 30.0 Å². The molecule has 2 aromatic carbocycles. The molecule has 1 amide bonds. The summed E-state index contributed by atoms with van der Waals surface area (Å²) >= 11 is 0. The second-order valence-corrected chi connectivity index (χ2v) is 10.6. The quantitative estimate of drug-likeness (QED) is 0.204. The fourth-order valence-electron chi connectivity index (χ4n) is 5.08. The maximum atomic E-state index is 12.7. The molecular weight excluding hydrogens is 532 g/mol. The molecule has 9 heteroatoms. The number of ether oxygens (including phenoxy) is 2. The van der Waals surface area contributed by atoms with E-state index in [4.69, 9.17) is 14.5 Å². The van der Waals surface area contributed by atoms with Gasteiger partial charge in [0.2, 0.25) is 5.91 Å². The lowest BCUT2D eigenvalue weighted by Crippen LogP contribution is -2.44. The molecule has 0 fully saturated rings. The highest BCUT2D eigenvalue weighted by molar-refractivity contribution is 5.84. The number of anilines is 1. The van der Waals surface area contributed by atoms with E-state index in [-0.39, 0.29) is 12.3 Å². The average Bonchev–Trinajstić information content (AvgIpc) is 3.01. The zero-order chi connectivity index (χ0) is 29.6. The Kier molecular flexibility index (Phi) is 12.0. The van der Waals surface area contributed by atoms with Crippen LogP contribution in [0.4, 0.5) is 5.82 Å². The molecule has 42 heavy (non-hydrogen) atoms. The second-order valence-electron chi connectivity index (χ2n) is 10.6. The van der Waals surface area contributed by atoms with Gasteiger partial charge in [-0.3, -0.25) is 9.69 Å². The number of methoxy groups -OCH3 is 1. The number of aromatic nitrogens is 1. The number of hydrogen-bond acceptors (Lipinski definition) is 7. The van der Waals surface area contributed by atoms with Crippen molar-refractivity contribution >= 4 is 17.7 Å². The van der Waals surface area contributed by atoms with Crippen molar-refractivity contribution in [2.24, 2.45) is 0 Å². The number of nitrogens with one attached hydrogen (secondary N) is 2. The summed E-state index contributed by atoms with van der Waals surface area (Å²) in [4.78, 5) is 31.7. The average molecular weight is 575 g/mol. The highest BCUT2D eigenvalue weighted by atomic mass is 16.5. The molecular formula is C33H42N4O5. The number of nitrogens with zero attached hydrogens (tertiary/aromatic N) is 2. The van der Waals surface area contributed by atoms with E-state index < -0.39 is 12.0 Å². The number of rotatable bonds is 17. The van der Waals surface area contributed by atoms with E-state index >= 15 is 0 Å². The number of carboxylic acid groups (broad SMARTS) is 1. The van der Waals surface area contributed by atoms with Crippen molar-refractivity contribution in [2.45, 2.75) is 51.0 Å². The number of aliphatic carboxylic acids is 1. The number of carboxylic acids is 1. The SMILES string of the molecule is COc1cccc(CC(=O)N[C@@H](CCN(CCCCc2ccc3c(n2)NCCC3)CCOc2ccccc2)C(=O)O)c1. The summed E-state index contributed by atoms with van der Waals surface area (Å²) in [5.41, 5.74) is 3.14. The largest absolute Gasteiger partial charge is 0.497 e. The maximum Gasteiger partial charge on any atom is 0.326 e. The first-order valence-corrected chi connectivity index (χ1v) is 14.8. The molecule has 1 aliphatic rings. The van der Waals surface area contributed by atoms with Crippen molar-refractivity contribution in [3.05, 3.63) is 83.6 Å². The topological polar surface area (TPSA) is 113 Å². The molecule has 1 atom stereocenters. The summed E-state index contributed by atoms with van der Waals surface area (Å²) in [5.74, 6) is 1.11. The Morgan fingerprint density at radius 3 is 2.67 bits per heavy atom. The summed E-state index contributed by atoms with van der Waals surface area (Å²) in [5, 5.41) is 15.9. The Bertz CT molecular complexity index is 1290. The van der Waals surface area contributed by atoms with E-state index in [2.05, 4.69) is 27.7 Å². The number of para-hydroxylation sites is 1. The van der Waals surface area contributed by atoms with Crippen molar-refractivity contribution in [1.82, 2.24) is 15.2 Å². The van der Waals surface area contributed by atoms with E-state index in [1.54, 1.807) is 19.2 Å². The van der Waals surface area contributed by atoms with Crippen LogP contribution in [0.3, 0.4) is 0 Å². The molecule has 0 aliphatic carbocycles. The monoisotopic (exact) mass is 574 g/mol. The maximum absolute atomic E-state index is 12.7. The van der Waals surface area contributed by atoms with Crippen molar-refractivity contribution in [3.8, 4) is 11.5 Å². The van der Waals surface area contributed by atoms with Crippen LogP contribution in [-0.2, 0) is 28.9 Å². The molecule has 224 valence electrons. The Morgan fingerprint density at radius 1 is 1.02 bits per heavy atom. The molecule has 4 rings (SSSR count). The highest BCUT2D eigenvalue weighted by Gasteiger charge is 2.21. The van der Waals surface area contributed by atoms with Gasteiger partial charge < -0.3 is 25.2 Å². The van der Waals surface area contributed by atoms with E-state index in [9.17, 15) is 14.7 Å². The number of aryl methyl sites for hydroxylation is 2. The normalized spacial score (nSPS) is 13.1. The van der Waals surface area contributed by atoms with Gasteiger partial charge in [0.15, 0.2) is 0 Å². The predicted octanol–water partition coefficient (Wildman–Crippen LogP) is 4.35. The summed E-state index contributed by atoms with van der Waals surface area (Å²) in [6.45, 7) is 3.44. The minimum atomic E-state index is -1.04. The van der Waals surface area contributed by atoms with Gasteiger partial charge >= 0.3 is 5.97 Å². The van der Waals surface area contributed by atoms with Crippen LogP contribution in [0.15, 0.2) is 66.7 Å². The molecule has 3 N–H and O–H groups in total. The highest BCUT2D eigenvalue weighted by Crippen LogP contribution is 2.20. The van der Waals surface area contributed by atoms with E-state index in [0.29, 0.717) is 31.9 Å². The molecule has 0 saturated heterocycles. The Balaban J connectivity index is 1.28. The standard InChI is InChI=1S/C33H42N4O5/c1-41-29-14-7-9-25(23-29)24-31(38)36-30(33(39)40)17-20-37(21-22-42-28-12-3-2-4-13-28)19-6-5-11-27-16-15-26-10-8-18-34-32(26)35-27/h2-4,7,9,12-16,23,30H,5-6,8,10-11,17-22,24H2,1H3,(H,34,35)(H,36,38)(H,39,40)/t30-/m0/s1. The lowest BCUT2D eigenvalue weighted by Gasteiger charge is -2.24. The van der Waals surface area contributed by atoms with Gasteiger partial charge in [-0.2, -0.15) is 0 Å². The molecule has 1 aromatic heterocycles. The van der Waals surface area contributed by atoms with Crippen LogP contribution in [0.1, 0.15) is 42.5 Å². The van der Waals surface area contributed by atoms with Crippen molar-refractivity contribution < 1.29 is 24.2 Å². The molecule has 1 aliphatic heterocycles. The number of fused-ring (bicyclic) bond motifs is 1. The van der Waals surface area contributed by atoms with Crippen LogP contribution in [0.5, 0.6) is 11.5 Å². The van der Waals surface area contributed by atoms with Crippen LogP contribution in [0.2, 0.25) is 0 Å². The molecule has 0 spiro atoms. The third-order valence-electron chi connectivity index (χ3n) is 7.39. The van der Waals surface area contributed by atoms with Gasteiger partial charge in [-0.05, 0) is 86.5 Å². The summed E-state index contributed by atoms with van der Waals surface area (Å²) in [6.07, 6.45) is 5.41. The Hall–Kier alpha value is -4.11. The molecule has 9 nitrogen and oxygen atoms in total. The smallest absolute Gasteiger partial charge is 0.326 e. The zero-order valence-electron chi connectivity index (χ0n) is 24.4. The number of carbonyl (C=O) groups excluding carboxylic acids is 1. The summed E-state index contributed by atoms with van der Waals surface area (Å²) in [6, 6.07) is 20.2. The fourth-order valence-corrected chi connectivity index (χ4v) is 5.08. The van der Waals surface area contributed by atoms with Gasteiger partial charge in [0, 0.05) is 25.3 Å². The lowest BCUT2D eigenvalue weighted by atomic mass is 10.1. The second kappa shape index (κ2) is 16.4. The van der Waals surface area contributed by atoms with Crippen LogP contribution in [0.25, 0.3) is 0 Å². The fraction of sp³-hybridized carbons (Fsp3) is 0.424. The van der Waals surface area contributed by atoms with E-state index in [1.165, 1.54) is 5.56 Å². The van der Waals surface area contributed by atoms with Crippen LogP contribution in [0, 0.1) is 0 Å². The minimum absolute atomic E-state index is 0.0852. The van der Waals surface area contributed by atoms with Crippen molar-refractivity contribution in [1.29, 1.82) is 0 Å². The van der Waals surface area contributed by atoms with Gasteiger partial charge in [0.25, 0.3) is 0 Å². The summed E-state index contributed by atoms with van der Waals surface area (Å²) in [7, 11) is 1.57. The number of amides is 1. The van der Waals surface area contributed by atoms with Crippen molar-refractivity contribution in [3.63, 3.8) is 0 Å². The molecule has 0 radical (unpaired) electrons. The predicted molar refractivity (Wildman–Crippen MR) is 163 cm³/mol. The van der Waals surface area contributed by atoms with Crippen LogP contribution >= 0.6 is 0 Å². The third-order valence-corrected chi connectivity index (χ3v) is 7.39. The number of hydrogen-bond donors (Lipinski definition) is 3. The van der Waals surface area contributed by atoms with Gasteiger partial charge in [-0.1, -0.05) is 36.4 Å². The Labute approximate surface area is 248 Å². The van der Waals surface area contributed by atoms with Crippen molar-refractivity contribution in [2.75, 3.05) is 45.2 Å². The summed E-state index contributed by atoms with van der Waals surface area (Å²) < 4.78 is 11.1. The van der Waals surface area contributed by atoms with E-state index in [1.807, 2.05) is 42.5 Å². The van der Waals surface area contributed by atoms with Gasteiger partial charge in [-0.15, -0.1) is 0 Å². The first kappa shape index (κ1) is 30.8. The first-order chi connectivity index (χ1) is 20.5.